The van der Waals surface area contributed by atoms with Crippen molar-refractivity contribution in [2.45, 2.75) is 13.0 Å². The number of nitrogens with one attached hydrogen (secondary N) is 2. The van der Waals surface area contributed by atoms with Gasteiger partial charge in [0.05, 0.1) is 42.6 Å². The number of amides is 1. The maximum atomic E-state index is 12.6. The summed E-state index contributed by atoms with van der Waals surface area (Å²) in [6.07, 6.45) is 0. The van der Waals surface area contributed by atoms with Crippen molar-refractivity contribution in [3.05, 3.63) is 22.7 Å². The molecule has 128 valence electrons. The minimum atomic E-state index is -0.210. The first-order valence-corrected chi connectivity index (χ1v) is 8.13. The molecule has 2 rings (SSSR count). The number of carbonyl (C=O) groups excluding carboxylic acids is 1. The van der Waals surface area contributed by atoms with Crippen LogP contribution < -0.4 is 15.4 Å². The number of rotatable bonds is 5. The summed E-state index contributed by atoms with van der Waals surface area (Å²) < 4.78 is 10.9. The fourth-order valence-corrected chi connectivity index (χ4v) is 2.86. The maximum absolute atomic E-state index is 12.6. The Morgan fingerprint density at radius 1 is 1.52 bits per heavy atom. The van der Waals surface area contributed by atoms with Gasteiger partial charge in [-0.1, -0.05) is 18.5 Å². The number of methoxy groups -OCH3 is 1. The van der Waals surface area contributed by atoms with Gasteiger partial charge in [0, 0.05) is 26.2 Å². The van der Waals surface area contributed by atoms with E-state index in [2.05, 4.69) is 22.5 Å². The fourth-order valence-electron chi connectivity index (χ4n) is 2.60. The van der Waals surface area contributed by atoms with Gasteiger partial charge in [0.25, 0.3) is 5.91 Å². The van der Waals surface area contributed by atoms with E-state index in [9.17, 15) is 4.79 Å². The summed E-state index contributed by atoms with van der Waals surface area (Å²) in [6, 6.07) is 3.29. The van der Waals surface area contributed by atoms with Crippen LogP contribution in [0.25, 0.3) is 0 Å². The molecule has 0 spiro atoms. The second kappa shape index (κ2) is 8.38. The van der Waals surface area contributed by atoms with Gasteiger partial charge in [-0.25, -0.2) is 0 Å². The number of hydrogen-bond acceptors (Lipinski definition) is 5. The van der Waals surface area contributed by atoms with Crippen molar-refractivity contribution < 1.29 is 14.3 Å². The van der Waals surface area contributed by atoms with E-state index < -0.39 is 0 Å². The molecule has 0 aromatic heterocycles. The standard InChI is InChI=1S/C16H24ClN3O3/c1-4-20-5-6-23-10-11(9-20)19-16(21)12-7-13(17)14(18-2)8-15(12)22-3/h7-8,11,18H,4-6,9-10H2,1-3H3,(H,19,21). The van der Waals surface area contributed by atoms with E-state index in [1.165, 1.54) is 7.11 Å². The molecule has 1 fully saturated rings. The van der Waals surface area contributed by atoms with Crippen LogP contribution in [-0.4, -0.2) is 63.9 Å². The van der Waals surface area contributed by atoms with Gasteiger partial charge in [0.15, 0.2) is 0 Å². The summed E-state index contributed by atoms with van der Waals surface area (Å²) in [5, 5.41) is 6.46. The van der Waals surface area contributed by atoms with Crippen LogP contribution in [0.4, 0.5) is 5.69 Å². The molecule has 2 N–H and O–H groups in total. The molecule has 1 amide bonds. The summed E-state index contributed by atoms with van der Waals surface area (Å²) in [7, 11) is 3.30. The normalized spacial score (nSPS) is 19.0. The Hall–Kier alpha value is -1.50. The van der Waals surface area contributed by atoms with Gasteiger partial charge in [0.2, 0.25) is 0 Å². The topological polar surface area (TPSA) is 62.8 Å². The molecule has 1 aromatic rings. The SMILES string of the molecule is CCN1CCOCC(NC(=O)c2cc(Cl)c(NC)cc2OC)C1. The molecular weight excluding hydrogens is 318 g/mol. The minimum absolute atomic E-state index is 0.0580. The Morgan fingerprint density at radius 2 is 2.30 bits per heavy atom. The van der Waals surface area contributed by atoms with Gasteiger partial charge in [-0.05, 0) is 12.6 Å². The molecular formula is C16H24ClN3O3. The highest BCUT2D eigenvalue weighted by Gasteiger charge is 2.22. The lowest BCUT2D eigenvalue weighted by Crippen LogP contribution is -2.44. The summed E-state index contributed by atoms with van der Waals surface area (Å²) in [6.45, 7) is 5.88. The molecule has 1 unspecified atom stereocenters. The van der Waals surface area contributed by atoms with Crippen molar-refractivity contribution in [2.24, 2.45) is 0 Å². The smallest absolute Gasteiger partial charge is 0.255 e. The first-order chi connectivity index (χ1) is 11.1. The van der Waals surface area contributed by atoms with Gasteiger partial charge >= 0.3 is 0 Å². The molecule has 0 bridgehead atoms. The lowest BCUT2D eigenvalue weighted by molar-refractivity contribution is 0.0880. The number of carbonyl (C=O) groups is 1. The third-order valence-electron chi connectivity index (χ3n) is 3.94. The number of ether oxygens (including phenoxy) is 2. The van der Waals surface area contributed by atoms with Crippen LogP contribution in [0.5, 0.6) is 5.75 Å². The minimum Gasteiger partial charge on any atom is -0.496 e. The second-order valence-corrected chi connectivity index (χ2v) is 5.83. The first kappa shape index (κ1) is 17.8. The van der Waals surface area contributed by atoms with E-state index in [1.54, 1.807) is 19.2 Å². The van der Waals surface area contributed by atoms with Crippen LogP contribution in [-0.2, 0) is 4.74 Å². The van der Waals surface area contributed by atoms with Gasteiger partial charge in [-0.3, -0.25) is 9.69 Å². The van der Waals surface area contributed by atoms with Gasteiger partial charge < -0.3 is 20.1 Å². The number of halogens is 1. The highest BCUT2D eigenvalue weighted by Crippen LogP contribution is 2.30. The zero-order valence-corrected chi connectivity index (χ0v) is 14.6. The van der Waals surface area contributed by atoms with Crippen LogP contribution in [0.15, 0.2) is 12.1 Å². The van der Waals surface area contributed by atoms with Crippen molar-refractivity contribution in [2.75, 3.05) is 52.3 Å². The Balaban J connectivity index is 2.15. The Labute approximate surface area is 142 Å². The third kappa shape index (κ3) is 4.50. The van der Waals surface area contributed by atoms with Gasteiger partial charge in [-0.15, -0.1) is 0 Å². The van der Waals surface area contributed by atoms with Crippen LogP contribution >= 0.6 is 11.6 Å². The van der Waals surface area contributed by atoms with Crippen LogP contribution in [0, 0.1) is 0 Å². The molecule has 7 heteroatoms. The molecule has 0 radical (unpaired) electrons. The lowest BCUT2D eigenvalue weighted by atomic mass is 10.1. The maximum Gasteiger partial charge on any atom is 0.255 e. The zero-order valence-electron chi connectivity index (χ0n) is 13.8. The van der Waals surface area contributed by atoms with Crippen molar-refractivity contribution >= 4 is 23.2 Å². The van der Waals surface area contributed by atoms with E-state index in [-0.39, 0.29) is 11.9 Å². The molecule has 1 heterocycles. The summed E-state index contributed by atoms with van der Waals surface area (Å²) >= 11 is 6.19. The van der Waals surface area contributed by atoms with E-state index in [4.69, 9.17) is 21.1 Å². The summed E-state index contributed by atoms with van der Waals surface area (Å²) in [5.74, 6) is 0.274. The predicted octanol–water partition coefficient (Wildman–Crippen LogP) is 1.84. The first-order valence-electron chi connectivity index (χ1n) is 7.75. The summed E-state index contributed by atoms with van der Waals surface area (Å²) in [5.41, 5.74) is 1.14. The van der Waals surface area contributed by atoms with E-state index in [1.807, 2.05) is 0 Å². The largest absolute Gasteiger partial charge is 0.496 e. The predicted molar refractivity (Wildman–Crippen MR) is 91.7 cm³/mol. The molecule has 1 aliphatic rings. The number of likely N-dealkylation sites (N-methyl/N-ethyl adjacent to an activating group) is 1. The molecule has 1 atom stereocenters. The second-order valence-electron chi connectivity index (χ2n) is 5.42. The van der Waals surface area contributed by atoms with Crippen molar-refractivity contribution in [1.82, 2.24) is 10.2 Å². The van der Waals surface area contributed by atoms with Crippen molar-refractivity contribution in [3.63, 3.8) is 0 Å². The van der Waals surface area contributed by atoms with Crippen LogP contribution in [0.2, 0.25) is 5.02 Å². The molecule has 23 heavy (non-hydrogen) atoms. The quantitative estimate of drug-likeness (QED) is 0.855. The molecule has 1 aromatic carbocycles. The number of anilines is 1. The average Bonchev–Trinajstić information content (AvgIpc) is 2.79. The number of nitrogens with zero attached hydrogens (tertiary/aromatic N) is 1. The van der Waals surface area contributed by atoms with Crippen molar-refractivity contribution in [1.29, 1.82) is 0 Å². The Bertz CT molecular complexity index is 554. The van der Waals surface area contributed by atoms with Crippen LogP contribution in [0.1, 0.15) is 17.3 Å². The Morgan fingerprint density at radius 3 is 2.96 bits per heavy atom. The van der Waals surface area contributed by atoms with E-state index >= 15 is 0 Å². The van der Waals surface area contributed by atoms with Crippen LogP contribution in [0.3, 0.4) is 0 Å². The Kier molecular flexibility index (Phi) is 6.50. The van der Waals surface area contributed by atoms with Crippen molar-refractivity contribution in [3.8, 4) is 5.75 Å². The van der Waals surface area contributed by atoms with Gasteiger partial charge in [-0.2, -0.15) is 0 Å². The third-order valence-corrected chi connectivity index (χ3v) is 4.25. The fraction of sp³-hybridized carbons (Fsp3) is 0.562. The highest BCUT2D eigenvalue weighted by molar-refractivity contribution is 6.33. The highest BCUT2D eigenvalue weighted by atomic mass is 35.5. The van der Waals surface area contributed by atoms with E-state index in [0.717, 1.165) is 25.3 Å². The van der Waals surface area contributed by atoms with Gasteiger partial charge in [0.1, 0.15) is 5.75 Å². The monoisotopic (exact) mass is 341 g/mol. The molecule has 1 aliphatic heterocycles. The molecule has 0 saturated carbocycles. The number of benzene rings is 1. The van der Waals surface area contributed by atoms with E-state index in [0.29, 0.717) is 29.5 Å². The lowest BCUT2D eigenvalue weighted by Gasteiger charge is -2.23. The number of hydrogen-bond donors (Lipinski definition) is 2. The molecule has 1 saturated heterocycles. The molecule has 6 nitrogen and oxygen atoms in total. The molecule has 0 aliphatic carbocycles. The summed E-state index contributed by atoms with van der Waals surface area (Å²) in [4.78, 5) is 14.9. The zero-order chi connectivity index (χ0) is 16.8. The average molecular weight is 342 g/mol.